The van der Waals surface area contributed by atoms with E-state index in [1.54, 1.807) is 35.3 Å². The van der Waals surface area contributed by atoms with E-state index in [2.05, 4.69) is 15.4 Å². The molecule has 0 spiro atoms. The van der Waals surface area contributed by atoms with Crippen LogP contribution in [0, 0.1) is 5.82 Å². The monoisotopic (exact) mass is 386 g/mol. The van der Waals surface area contributed by atoms with Crippen molar-refractivity contribution in [2.75, 3.05) is 5.32 Å². The van der Waals surface area contributed by atoms with Crippen LogP contribution in [0.25, 0.3) is 16.9 Å². The molecule has 0 unspecified atom stereocenters. The van der Waals surface area contributed by atoms with Gasteiger partial charge in [0.2, 0.25) is 0 Å². The zero-order valence-electron chi connectivity index (χ0n) is 15.8. The highest BCUT2D eigenvalue weighted by molar-refractivity contribution is 6.04. The largest absolute Gasteiger partial charge is 0.320 e. The lowest BCUT2D eigenvalue weighted by Crippen LogP contribution is -2.14. The Kier molecular flexibility index (Phi) is 5.16. The van der Waals surface area contributed by atoms with Gasteiger partial charge in [0.1, 0.15) is 5.82 Å². The molecule has 6 heteroatoms. The first-order valence-electron chi connectivity index (χ1n) is 9.31. The van der Waals surface area contributed by atoms with E-state index in [0.29, 0.717) is 11.4 Å². The molecule has 0 aliphatic heterocycles. The van der Waals surface area contributed by atoms with E-state index in [1.807, 2.05) is 43.3 Å². The summed E-state index contributed by atoms with van der Waals surface area (Å²) in [6.45, 7) is 2.04. The Hall–Kier alpha value is -3.80. The van der Waals surface area contributed by atoms with Crippen molar-refractivity contribution in [3.63, 3.8) is 0 Å². The number of hydrogen-bond acceptors (Lipinski definition) is 3. The molecule has 2 aromatic heterocycles. The molecule has 0 fully saturated rings. The van der Waals surface area contributed by atoms with Gasteiger partial charge in [-0.25, -0.2) is 9.07 Å². The molecular formula is C23H19FN4O. The predicted molar refractivity (Wildman–Crippen MR) is 111 cm³/mol. The van der Waals surface area contributed by atoms with Crippen LogP contribution in [-0.4, -0.2) is 20.7 Å². The number of rotatable bonds is 5. The second-order valence-electron chi connectivity index (χ2n) is 6.50. The van der Waals surface area contributed by atoms with Gasteiger partial charge in [0.15, 0.2) is 5.69 Å². The summed E-state index contributed by atoms with van der Waals surface area (Å²) in [4.78, 5) is 16.9. The number of para-hydroxylation sites is 1. The molecular weight excluding hydrogens is 367 g/mol. The third kappa shape index (κ3) is 3.91. The molecule has 5 nitrogen and oxygen atoms in total. The van der Waals surface area contributed by atoms with Crippen LogP contribution in [-0.2, 0) is 6.42 Å². The predicted octanol–water partition coefficient (Wildman–Crippen LogP) is 4.89. The molecule has 4 rings (SSSR count). The van der Waals surface area contributed by atoms with Crippen LogP contribution in [0.15, 0.2) is 79.1 Å². The van der Waals surface area contributed by atoms with Crippen LogP contribution in [0.1, 0.15) is 23.0 Å². The fraction of sp³-hybridized carbons (Fsp3) is 0.0870. The Balaban J connectivity index is 1.74. The minimum Gasteiger partial charge on any atom is -0.320 e. The number of nitrogens with one attached hydrogen (secondary N) is 1. The lowest BCUT2D eigenvalue weighted by atomic mass is 10.1. The number of halogens is 1. The third-order valence-corrected chi connectivity index (χ3v) is 4.64. The smallest absolute Gasteiger partial charge is 0.276 e. The molecule has 0 bridgehead atoms. The maximum atomic E-state index is 13.4. The number of amides is 1. The number of carbonyl (C=O) groups is 1. The van der Waals surface area contributed by atoms with Crippen LogP contribution < -0.4 is 5.32 Å². The average molecular weight is 386 g/mol. The normalized spacial score (nSPS) is 10.7. The van der Waals surface area contributed by atoms with Crippen LogP contribution >= 0.6 is 0 Å². The van der Waals surface area contributed by atoms with E-state index < -0.39 is 0 Å². The van der Waals surface area contributed by atoms with Crippen LogP contribution in [0.2, 0.25) is 0 Å². The first-order valence-corrected chi connectivity index (χ1v) is 9.31. The number of aryl methyl sites for hydroxylation is 1. The van der Waals surface area contributed by atoms with Gasteiger partial charge < -0.3 is 5.32 Å². The van der Waals surface area contributed by atoms with Gasteiger partial charge in [0.05, 0.1) is 11.4 Å². The molecule has 1 N–H and O–H groups in total. The van der Waals surface area contributed by atoms with Crippen molar-refractivity contribution in [1.82, 2.24) is 14.8 Å². The molecule has 0 saturated carbocycles. The van der Waals surface area contributed by atoms with E-state index in [0.717, 1.165) is 23.2 Å². The van der Waals surface area contributed by atoms with Gasteiger partial charge in [-0.1, -0.05) is 25.1 Å². The van der Waals surface area contributed by atoms with E-state index >= 15 is 0 Å². The fourth-order valence-corrected chi connectivity index (χ4v) is 3.14. The summed E-state index contributed by atoms with van der Waals surface area (Å²) in [5.74, 6) is -0.637. The number of benzene rings is 2. The summed E-state index contributed by atoms with van der Waals surface area (Å²) < 4.78 is 15.0. The van der Waals surface area contributed by atoms with Gasteiger partial charge in [-0.15, -0.1) is 0 Å². The van der Waals surface area contributed by atoms with Crippen LogP contribution in [0.5, 0.6) is 0 Å². The Labute approximate surface area is 167 Å². The lowest BCUT2D eigenvalue weighted by molar-refractivity contribution is 0.102. The Morgan fingerprint density at radius 3 is 2.48 bits per heavy atom. The molecule has 0 aliphatic carbocycles. The molecule has 1 amide bonds. The van der Waals surface area contributed by atoms with Gasteiger partial charge in [-0.2, -0.15) is 5.10 Å². The molecule has 0 radical (unpaired) electrons. The number of pyridine rings is 1. The van der Waals surface area contributed by atoms with E-state index in [4.69, 9.17) is 0 Å². The molecule has 144 valence electrons. The molecule has 0 atom stereocenters. The van der Waals surface area contributed by atoms with Gasteiger partial charge in [0, 0.05) is 23.6 Å². The summed E-state index contributed by atoms with van der Waals surface area (Å²) in [5, 5.41) is 7.44. The molecule has 0 saturated heterocycles. The van der Waals surface area contributed by atoms with Crippen molar-refractivity contribution < 1.29 is 9.18 Å². The second-order valence-corrected chi connectivity index (χ2v) is 6.50. The molecule has 29 heavy (non-hydrogen) atoms. The zero-order chi connectivity index (χ0) is 20.2. The van der Waals surface area contributed by atoms with Crippen molar-refractivity contribution in [2.24, 2.45) is 0 Å². The Morgan fingerprint density at radius 1 is 1.03 bits per heavy atom. The minimum atomic E-state index is -0.333. The fourth-order valence-electron chi connectivity index (χ4n) is 3.14. The SMILES string of the molecule is CCc1ccccc1NC(=O)c1cc(-c2ccncc2)n(-c2ccc(F)cc2)n1. The van der Waals surface area contributed by atoms with Crippen molar-refractivity contribution in [3.8, 4) is 16.9 Å². The summed E-state index contributed by atoms with van der Waals surface area (Å²) in [5.41, 5.74) is 4.31. The maximum absolute atomic E-state index is 13.4. The van der Waals surface area contributed by atoms with E-state index in [9.17, 15) is 9.18 Å². The number of nitrogens with zero attached hydrogens (tertiary/aromatic N) is 3. The zero-order valence-corrected chi connectivity index (χ0v) is 15.8. The van der Waals surface area contributed by atoms with E-state index in [-0.39, 0.29) is 17.4 Å². The standard InChI is InChI=1S/C23H19FN4O/c1-2-16-5-3-4-6-20(16)26-23(29)21-15-22(17-11-13-25-14-12-17)28(27-21)19-9-7-18(24)8-10-19/h3-15H,2H2,1H3,(H,26,29). The number of carbonyl (C=O) groups excluding carboxylic acids is 1. The van der Waals surface area contributed by atoms with Crippen molar-refractivity contribution in [3.05, 3.63) is 96.2 Å². The minimum absolute atomic E-state index is 0.270. The first-order chi connectivity index (χ1) is 14.2. The molecule has 2 heterocycles. The molecule has 2 aromatic carbocycles. The lowest BCUT2D eigenvalue weighted by Gasteiger charge is -2.08. The maximum Gasteiger partial charge on any atom is 0.276 e. The van der Waals surface area contributed by atoms with Crippen LogP contribution in [0.4, 0.5) is 10.1 Å². The molecule has 4 aromatic rings. The third-order valence-electron chi connectivity index (χ3n) is 4.64. The Bertz CT molecular complexity index is 1140. The Morgan fingerprint density at radius 2 is 1.76 bits per heavy atom. The second kappa shape index (κ2) is 8.06. The highest BCUT2D eigenvalue weighted by atomic mass is 19.1. The van der Waals surface area contributed by atoms with Crippen LogP contribution in [0.3, 0.4) is 0 Å². The van der Waals surface area contributed by atoms with Crippen molar-refractivity contribution in [1.29, 1.82) is 0 Å². The summed E-state index contributed by atoms with van der Waals surface area (Å²) in [6.07, 6.45) is 4.16. The van der Waals surface area contributed by atoms with Gasteiger partial charge in [0.25, 0.3) is 5.91 Å². The van der Waals surface area contributed by atoms with Gasteiger partial charge in [-0.3, -0.25) is 9.78 Å². The quantitative estimate of drug-likeness (QED) is 0.531. The van der Waals surface area contributed by atoms with Gasteiger partial charge in [-0.05, 0) is 60.5 Å². The summed E-state index contributed by atoms with van der Waals surface area (Å²) >= 11 is 0. The molecule has 0 aliphatic rings. The van der Waals surface area contributed by atoms with Crippen molar-refractivity contribution >= 4 is 11.6 Å². The number of anilines is 1. The van der Waals surface area contributed by atoms with Gasteiger partial charge >= 0.3 is 0 Å². The van der Waals surface area contributed by atoms with E-state index in [1.165, 1.54) is 12.1 Å². The first kappa shape index (κ1) is 18.6. The topological polar surface area (TPSA) is 59.8 Å². The highest BCUT2D eigenvalue weighted by Crippen LogP contribution is 2.25. The number of aromatic nitrogens is 3. The summed E-state index contributed by atoms with van der Waals surface area (Å²) in [6, 6.07) is 19.1. The average Bonchev–Trinajstić information content (AvgIpc) is 3.21. The number of hydrogen-bond donors (Lipinski definition) is 1. The highest BCUT2D eigenvalue weighted by Gasteiger charge is 2.17. The van der Waals surface area contributed by atoms with Crippen molar-refractivity contribution in [2.45, 2.75) is 13.3 Å². The summed E-state index contributed by atoms with van der Waals surface area (Å²) in [7, 11) is 0.